The van der Waals surface area contributed by atoms with E-state index in [4.69, 9.17) is 11.6 Å². The Bertz CT molecular complexity index is 1260. The number of carbonyl (C=O) groups is 1. The van der Waals surface area contributed by atoms with Gasteiger partial charge in [0.2, 0.25) is 5.91 Å². The molecular formula is C27H27Cl2N5OS. The maximum atomic E-state index is 13.0. The average molecular weight is 541 g/mol. The normalized spacial score (nSPS) is 13.9. The fraction of sp³-hybridized carbons (Fsp3) is 0.222. The van der Waals surface area contributed by atoms with Crippen molar-refractivity contribution in [2.45, 2.75) is 11.7 Å². The van der Waals surface area contributed by atoms with Gasteiger partial charge in [0.1, 0.15) is 0 Å². The molecule has 1 fully saturated rings. The van der Waals surface area contributed by atoms with Crippen LogP contribution in [0.5, 0.6) is 0 Å². The molecule has 5 rings (SSSR count). The second-order valence-electron chi connectivity index (χ2n) is 8.42. The number of amides is 1. The third-order valence-corrected chi connectivity index (χ3v) is 7.21. The minimum absolute atomic E-state index is 0. The molecule has 9 heteroatoms. The number of benzene rings is 3. The highest BCUT2D eigenvalue weighted by Crippen LogP contribution is 2.29. The molecule has 0 atom stereocenters. The van der Waals surface area contributed by atoms with E-state index in [9.17, 15) is 4.79 Å². The first kappa shape index (κ1) is 26.2. The second-order valence-corrected chi connectivity index (χ2v) is 9.79. The van der Waals surface area contributed by atoms with Crippen molar-refractivity contribution in [1.29, 1.82) is 0 Å². The lowest BCUT2D eigenvalue weighted by Gasteiger charge is -2.34. The van der Waals surface area contributed by atoms with Crippen molar-refractivity contribution < 1.29 is 4.79 Å². The van der Waals surface area contributed by atoms with Crippen LogP contribution in [0.1, 0.15) is 5.56 Å². The van der Waals surface area contributed by atoms with Crippen molar-refractivity contribution in [1.82, 2.24) is 24.6 Å². The largest absolute Gasteiger partial charge is 0.339 e. The topological polar surface area (TPSA) is 54.3 Å². The van der Waals surface area contributed by atoms with Crippen LogP contribution in [0.25, 0.3) is 17.1 Å². The molecule has 0 aliphatic carbocycles. The highest BCUT2D eigenvalue weighted by atomic mass is 35.5. The number of thioether (sulfide) groups is 1. The summed E-state index contributed by atoms with van der Waals surface area (Å²) in [7, 11) is 0. The van der Waals surface area contributed by atoms with E-state index in [0.29, 0.717) is 15.9 Å². The Morgan fingerprint density at radius 2 is 1.47 bits per heavy atom. The third kappa shape index (κ3) is 6.28. The van der Waals surface area contributed by atoms with E-state index < -0.39 is 0 Å². The zero-order chi connectivity index (χ0) is 24.0. The molecule has 1 aliphatic heterocycles. The highest BCUT2D eigenvalue weighted by molar-refractivity contribution is 7.99. The summed E-state index contributed by atoms with van der Waals surface area (Å²) in [5, 5.41) is 10.2. The lowest BCUT2D eigenvalue weighted by molar-refractivity contribution is -0.130. The van der Waals surface area contributed by atoms with E-state index in [1.807, 2.05) is 70.1 Å². The Morgan fingerprint density at radius 1 is 0.833 bits per heavy atom. The minimum Gasteiger partial charge on any atom is -0.339 e. The molecule has 4 aromatic rings. The van der Waals surface area contributed by atoms with Crippen molar-refractivity contribution >= 4 is 41.7 Å². The van der Waals surface area contributed by atoms with Gasteiger partial charge in [-0.25, -0.2) is 0 Å². The van der Waals surface area contributed by atoms with E-state index in [1.54, 1.807) is 0 Å². The quantitative estimate of drug-likeness (QED) is 0.292. The van der Waals surface area contributed by atoms with Crippen LogP contribution in [0.2, 0.25) is 5.02 Å². The number of carbonyl (C=O) groups excluding carboxylic acids is 1. The summed E-state index contributed by atoms with van der Waals surface area (Å²) in [6.07, 6.45) is 0. The van der Waals surface area contributed by atoms with Crippen LogP contribution in [0.15, 0.2) is 90.1 Å². The Hall–Kier alpha value is -2.84. The summed E-state index contributed by atoms with van der Waals surface area (Å²) >= 11 is 7.50. The Morgan fingerprint density at radius 3 is 2.14 bits per heavy atom. The molecule has 0 N–H and O–H groups in total. The van der Waals surface area contributed by atoms with Gasteiger partial charge in [0.05, 0.1) is 5.75 Å². The molecular weight excluding hydrogens is 513 g/mol. The Balaban J connectivity index is 0.00000304. The Kier molecular flexibility index (Phi) is 9.04. The van der Waals surface area contributed by atoms with Gasteiger partial charge in [0.25, 0.3) is 0 Å². The summed E-state index contributed by atoms with van der Waals surface area (Å²) < 4.78 is 2.00. The molecule has 0 unspecified atom stereocenters. The van der Waals surface area contributed by atoms with Crippen LogP contribution in [0, 0.1) is 0 Å². The van der Waals surface area contributed by atoms with E-state index in [2.05, 4.69) is 39.4 Å². The van der Waals surface area contributed by atoms with Crippen LogP contribution in [-0.4, -0.2) is 62.4 Å². The van der Waals surface area contributed by atoms with E-state index in [1.165, 1.54) is 17.3 Å². The summed E-state index contributed by atoms with van der Waals surface area (Å²) in [5.74, 6) is 1.17. The van der Waals surface area contributed by atoms with Gasteiger partial charge in [0.15, 0.2) is 11.0 Å². The smallest absolute Gasteiger partial charge is 0.233 e. The number of para-hydroxylation sites is 1. The number of halogens is 2. The van der Waals surface area contributed by atoms with Crippen LogP contribution in [0.3, 0.4) is 0 Å². The van der Waals surface area contributed by atoms with Gasteiger partial charge in [-0.1, -0.05) is 71.9 Å². The fourth-order valence-electron chi connectivity index (χ4n) is 4.17. The van der Waals surface area contributed by atoms with Gasteiger partial charge < -0.3 is 4.90 Å². The molecule has 0 saturated carbocycles. The lowest BCUT2D eigenvalue weighted by atomic mass is 10.2. The molecule has 1 aromatic heterocycles. The molecule has 1 aliphatic rings. The summed E-state index contributed by atoms with van der Waals surface area (Å²) in [6.45, 7) is 4.17. The van der Waals surface area contributed by atoms with Gasteiger partial charge in [-0.2, -0.15) is 0 Å². The maximum absolute atomic E-state index is 13.0. The highest BCUT2D eigenvalue weighted by Gasteiger charge is 2.23. The van der Waals surface area contributed by atoms with Gasteiger partial charge in [-0.15, -0.1) is 22.6 Å². The van der Waals surface area contributed by atoms with E-state index >= 15 is 0 Å². The van der Waals surface area contributed by atoms with Crippen molar-refractivity contribution in [3.05, 3.63) is 95.5 Å². The van der Waals surface area contributed by atoms with E-state index in [-0.39, 0.29) is 18.3 Å². The van der Waals surface area contributed by atoms with Gasteiger partial charge in [-0.05, 0) is 42.0 Å². The van der Waals surface area contributed by atoms with Crippen LogP contribution in [0.4, 0.5) is 0 Å². The molecule has 0 spiro atoms. The van der Waals surface area contributed by atoms with Crippen molar-refractivity contribution in [2.75, 3.05) is 31.9 Å². The molecule has 6 nitrogen and oxygen atoms in total. The maximum Gasteiger partial charge on any atom is 0.233 e. The first-order valence-electron chi connectivity index (χ1n) is 11.6. The second kappa shape index (κ2) is 12.4. The predicted molar refractivity (Wildman–Crippen MR) is 148 cm³/mol. The average Bonchev–Trinajstić information content (AvgIpc) is 3.33. The van der Waals surface area contributed by atoms with Gasteiger partial charge in [0, 0.05) is 49.0 Å². The fourth-order valence-corrected chi connectivity index (χ4v) is 5.15. The van der Waals surface area contributed by atoms with Crippen molar-refractivity contribution in [2.24, 2.45) is 0 Å². The summed E-state index contributed by atoms with van der Waals surface area (Å²) in [4.78, 5) is 17.4. The predicted octanol–water partition coefficient (Wildman–Crippen LogP) is 5.45. The third-order valence-electron chi connectivity index (χ3n) is 6.05. The first-order chi connectivity index (χ1) is 17.2. The molecule has 2 heterocycles. The van der Waals surface area contributed by atoms with Gasteiger partial charge >= 0.3 is 0 Å². The molecule has 3 aromatic carbocycles. The molecule has 186 valence electrons. The van der Waals surface area contributed by atoms with Crippen molar-refractivity contribution in [3.63, 3.8) is 0 Å². The van der Waals surface area contributed by atoms with Crippen LogP contribution < -0.4 is 0 Å². The number of piperazine rings is 1. The number of aromatic nitrogens is 3. The Labute approximate surface area is 226 Å². The van der Waals surface area contributed by atoms with Gasteiger partial charge in [-0.3, -0.25) is 14.3 Å². The molecule has 36 heavy (non-hydrogen) atoms. The number of hydrogen-bond donors (Lipinski definition) is 0. The SMILES string of the molecule is Cl.O=C(CSc1nnc(-c2ccc(Cl)cc2)n1-c1ccccc1)N1CCN(Cc2ccccc2)CC1. The van der Waals surface area contributed by atoms with E-state index in [0.717, 1.165) is 49.8 Å². The van der Waals surface area contributed by atoms with Crippen LogP contribution in [-0.2, 0) is 11.3 Å². The number of rotatable bonds is 7. The standard InChI is InChI=1S/C27H26ClN5OS.ClH/c28-23-13-11-22(12-14-23)26-29-30-27(33(26)24-9-5-2-6-10-24)35-20-25(34)32-17-15-31(16-18-32)19-21-7-3-1-4-8-21;/h1-14H,15-20H2;1H. The first-order valence-corrected chi connectivity index (χ1v) is 13.0. The zero-order valence-electron chi connectivity index (χ0n) is 19.7. The monoisotopic (exact) mass is 539 g/mol. The molecule has 1 amide bonds. The minimum atomic E-state index is 0. The number of nitrogens with zero attached hydrogens (tertiary/aromatic N) is 5. The zero-order valence-corrected chi connectivity index (χ0v) is 22.1. The molecule has 1 saturated heterocycles. The molecule has 0 radical (unpaired) electrons. The lowest BCUT2D eigenvalue weighted by Crippen LogP contribution is -2.48. The van der Waals surface area contributed by atoms with Crippen molar-refractivity contribution in [3.8, 4) is 17.1 Å². The molecule has 0 bridgehead atoms. The van der Waals surface area contributed by atoms with Crippen LogP contribution >= 0.6 is 35.8 Å². The summed E-state index contributed by atoms with van der Waals surface area (Å²) in [6, 6.07) is 28.0. The number of hydrogen-bond acceptors (Lipinski definition) is 5. The summed E-state index contributed by atoms with van der Waals surface area (Å²) in [5.41, 5.74) is 3.17.